The second kappa shape index (κ2) is 6.00. The smallest absolute Gasteiger partial charge is 0.251 e. The first-order valence-corrected chi connectivity index (χ1v) is 5.54. The van der Waals surface area contributed by atoms with Gasteiger partial charge in [-0.3, -0.25) is 9.59 Å². The molecule has 98 valence electrons. The summed E-state index contributed by atoms with van der Waals surface area (Å²) < 4.78 is 13.4. The van der Waals surface area contributed by atoms with Crippen LogP contribution >= 0.6 is 0 Å². The van der Waals surface area contributed by atoms with Gasteiger partial charge in [0.1, 0.15) is 5.82 Å². The van der Waals surface area contributed by atoms with E-state index in [4.69, 9.17) is 11.5 Å². The van der Waals surface area contributed by atoms with E-state index in [0.717, 1.165) is 6.07 Å². The van der Waals surface area contributed by atoms with Crippen LogP contribution < -0.4 is 16.8 Å². The average Bonchev–Trinajstić information content (AvgIpc) is 2.30. The second-order valence-electron chi connectivity index (χ2n) is 4.00. The van der Waals surface area contributed by atoms with E-state index in [0.29, 0.717) is 18.5 Å². The highest BCUT2D eigenvalue weighted by Gasteiger charge is 2.10. The third-order valence-corrected chi connectivity index (χ3v) is 2.53. The molecule has 0 saturated carbocycles. The normalized spacial score (nSPS) is 10.1. The highest BCUT2D eigenvalue weighted by atomic mass is 19.1. The van der Waals surface area contributed by atoms with E-state index in [1.54, 1.807) is 6.92 Å². The SMILES string of the molecule is Cc1c(N)cc(C(=O)NCCCC(N)=O)cc1F. The van der Waals surface area contributed by atoms with Crippen LogP contribution in [0.3, 0.4) is 0 Å². The van der Waals surface area contributed by atoms with E-state index < -0.39 is 17.6 Å². The van der Waals surface area contributed by atoms with Crippen molar-refractivity contribution in [2.75, 3.05) is 12.3 Å². The van der Waals surface area contributed by atoms with Crippen LogP contribution in [-0.2, 0) is 4.79 Å². The minimum atomic E-state index is -0.516. The zero-order valence-corrected chi connectivity index (χ0v) is 10.1. The first-order chi connectivity index (χ1) is 8.41. The van der Waals surface area contributed by atoms with Gasteiger partial charge in [0.25, 0.3) is 5.91 Å². The van der Waals surface area contributed by atoms with Crippen molar-refractivity contribution >= 4 is 17.5 Å². The number of hydrogen-bond donors (Lipinski definition) is 3. The Labute approximate surface area is 104 Å². The Hall–Kier alpha value is -2.11. The van der Waals surface area contributed by atoms with Gasteiger partial charge in [0.05, 0.1) is 0 Å². The van der Waals surface area contributed by atoms with Crippen molar-refractivity contribution in [1.29, 1.82) is 0 Å². The lowest BCUT2D eigenvalue weighted by molar-refractivity contribution is -0.118. The van der Waals surface area contributed by atoms with E-state index >= 15 is 0 Å². The average molecular weight is 253 g/mol. The fraction of sp³-hybridized carbons (Fsp3) is 0.333. The summed E-state index contributed by atoms with van der Waals surface area (Å²) in [5.74, 6) is -1.36. The lowest BCUT2D eigenvalue weighted by Gasteiger charge is -2.07. The molecule has 5 nitrogen and oxygen atoms in total. The number of nitrogens with one attached hydrogen (secondary N) is 1. The predicted molar refractivity (Wildman–Crippen MR) is 66.3 cm³/mol. The molecular formula is C12H16FN3O2. The molecule has 18 heavy (non-hydrogen) atoms. The molecule has 0 heterocycles. The van der Waals surface area contributed by atoms with Crippen LogP contribution in [0.5, 0.6) is 0 Å². The molecule has 1 rings (SSSR count). The number of nitrogen functional groups attached to an aromatic ring is 1. The fourth-order valence-electron chi connectivity index (χ4n) is 1.40. The van der Waals surface area contributed by atoms with Crippen LogP contribution in [0, 0.1) is 12.7 Å². The first kappa shape index (κ1) is 14.0. The molecule has 0 unspecified atom stereocenters. The summed E-state index contributed by atoms with van der Waals surface area (Å²) in [4.78, 5) is 22.1. The third-order valence-electron chi connectivity index (χ3n) is 2.53. The molecule has 2 amide bonds. The van der Waals surface area contributed by atoms with E-state index in [1.165, 1.54) is 6.07 Å². The zero-order chi connectivity index (χ0) is 13.7. The highest BCUT2D eigenvalue weighted by molar-refractivity contribution is 5.95. The summed E-state index contributed by atoms with van der Waals surface area (Å²) in [6.07, 6.45) is 0.648. The molecule has 0 fully saturated rings. The van der Waals surface area contributed by atoms with E-state index in [-0.39, 0.29) is 17.7 Å². The van der Waals surface area contributed by atoms with Crippen molar-refractivity contribution in [2.24, 2.45) is 5.73 Å². The molecule has 0 bridgehead atoms. The van der Waals surface area contributed by atoms with Gasteiger partial charge < -0.3 is 16.8 Å². The summed E-state index contributed by atoms with van der Waals surface area (Å²) in [6, 6.07) is 2.55. The molecule has 5 N–H and O–H groups in total. The van der Waals surface area contributed by atoms with Gasteiger partial charge >= 0.3 is 0 Å². The number of amides is 2. The fourth-order valence-corrected chi connectivity index (χ4v) is 1.40. The summed E-state index contributed by atoms with van der Waals surface area (Å²) in [5, 5.41) is 2.56. The van der Waals surface area contributed by atoms with Crippen molar-refractivity contribution in [3.8, 4) is 0 Å². The maximum Gasteiger partial charge on any atom is 0.251 e. The first-order valence-electron chi connectivity index (χ1n) is 5.54. The number of halogens is 1. The molecular weight excluding hydrogens is 237 g/mol. The minimum Gasteiger partial charge on any atom is -0.398 e. The lowest BCUT2D eigenvalue weighted by atomic mass is 10.1. The van der Waals surface area contributed by atoms with Gasteiger partial charge in [-0.05, 0) is 25.5 Å². The summed E-state index contributed by atoms with van der Waals surface area (Å²) in [6.45, 7) is 1.84. The second-order valence-corrected chi connectivity index (χ2v) is 4.00. The van der Waals surface area contributed by atoms with Gasteiger partial charge in [0, 0.05) is 29.8 Å². The predicted octanol–water partition coefficient (Wildman–Crippen LogP) is 0.712. The van der Waals surface area contributed by atoms with Crippen molar-refractivity contribution < 1.29 is 14.0 Å². The Morgan fingerprint density at radius 2 is 2.06 bits per heavy atom. The molecule has 0 aliphatic rings. The Bertz CT molecular complexity index is 451. The van der Waals surface area contributed by atoms with E-state index in [2.05, 4.69) is 5.32 Å². The molecule has 0 aliphatic carbocycles. The Morgan fingerprint density at radius 1 is 1.39 bits per heavy atom. The topological polar surface area (TPSA) is 98.2 Å². The molecule has 0 aromatic heterocycles. The molecule has 1 aromatic rings. The van der Waals surface area contributed by atoms with Gasteiger partial charge in [-0.15, -0.1) is 0 Å². The quantitative estimate of drug-likeness (QED) is 0.532. The molecule has 0 saturated heterocycles. The lowest BCUT2D eigenvalue weighted by Crippen LogP contribution is -2.25. The maximum atomic E-state index is 13.4. The van der Waals surface area contributed by atoms with Crippen LogP contribution in [0.4, 0.5) is 10.1 Å². The molecule has 0 spiro atoms. The number of nitrogens with two attached hydrogens (primary N) is 2. The van der Waals surface area contributed by atoms with E-state index in [1.807, 2.05) is 0 Å². The molecule has 0 atom stereocenters. The molecule has 0 radical (unpaired) electrons. The van der Waals surface area contributed by atoms with Crippen molar-refractivity contribution in [3.63, 3.8) is 0 Å². The van der Waals surface area contributed by atoms with Gasteiger partial charge in [0.15, 0.2) is 0 Å². The number of primary amides is 1. The van der Waals surface area contributed by atoms with Gasteiger partial charge in [-0.2, -0.15) is 0 Å². The number of hydrogen-bond acceptors (Lipinski definition) is 3. The van der Waals surface area contributed by atoms with Crippen molar-refractivity contribution in [1.82, 2.24) is 5.32 Å². The number of carbonyl (C=O) groups excluding carboxylic acids is 2. The summed E-state index contributed by atoms with van der Waals surface area (Å²) >= 11 is 0. The number of anilines is 1. The zero-order valence-electron chi connectivity index (χ0n) is 10.1. The van der Waals surface area contributed by atoms with E-state index in [9.17, 15) is 14.0 Å². The van der Waals surface area contributed by atoms with Crippen molar-refractivity contribution in [2.45, 2.75) is 19.8 Å². The largest absolute Gasteiger partial charge is 0.398 e. The highest BCUT2D eigenvalue weighted by Crippen LogP contribution is 2.17. The minimum absolute atomic E-state index is 0.162. The number of rotatable bonds is 5. The standard InChI is InChI=1S/C12H16FN3O2/c1-7-9(13)5-8(6-10(7)14)12(18)16-4-2-3-11(15)17/h5-6H,2-4,14H2,1H3,(H2,15,17)(H,16,18). The van der Waals surface area contributed by atoms with Crippen LogP contribution in [0.1, 0.15) is 28.8 Å². The maximum absolute atomic E-state index is 13.4. The monoisotopic (exact) mass is 253 g/mol. The van der Waals surface area contributed by atoms with Gasteiger partial charge in [-0.1, -0.05) is 0 Å². The Morgan fingerprint density at radius 3 is 2.61 bits per heavy atom. The molecule has 1 aromatic carbocycles. The van der Waals surface area contributed by atoms with Gasteiger partial charge in [0.2, 0.25) is 5.91 Å². The third kappa shape index (κ3) is 3.73. The Balaban J connectivity index is 2.59. The number of carbonyl (C=O) groups is 2. The molecule has 6 heteroatoms. The molecule has 0 aliphatic heterocycles. The van der Waals surface area contributed by atoms with Crippen LogP contribution in [-0.4, -0.2) is 18.4 Å². The van der Waals surface area contributed by atoms with Crippen LogP contribution in [0.2, 0.25) is 0 Å². The van der Waals surface area contributed by atoms with Gasteiger partial charge in [-0.25, -0.2) is 4.39 Å². The van der Waals surface area contributed by atoms with Crippen LogP contribution in [0.15, 0.2) is 12.1 Å². The Kier molecular flexibility index (Phi) is 4.65. The number of benzene rings is 1. The van der Waals surface area contributed by atoms with Crippen LogP contribution in [0.25, 0.3) is 0 Å². The summed E-state index contributed by atoms with van der Waals surface area (Å²) in [5.41, 5.74) is 11.2. The van der Waals surface area contributed by atoms with Crippen molar-refractivity contribution in [3.05, 3.63) is 29.1 Å². The summed E-state index contributed by atoms with van der Waals surface area (Å²) in [7, 11) is 0.